The first-order valence-corrected chi connectivity index (χ1v) is 10.1. The van der Waals surface area contributed by atoms with Crippen LogP contribution in [0.4, 0.5) is 0 Å². The number of aromatic nitrogens is 1. The predicted molar refractivity (Wildman–Crippen MR) is 110 cm³/mol. The van der Waals surface area contributed by atoms with Crippen LogP contribution in [0.25, 0.3) is 10.2 Å². The minimum Gasteiger partial charge on any atom is -0.457 e. The molecule has 1 atom stereocenters. The summed E-state index contributed by atoms with van der Waals surface area (Å²) >= 11 is 4.85. The Morgan fingerprint density at radius 1 is 1.15 bits per heavy atom. The van der Waals surface area contributed by atoms with Crippen molar-refractivity contribution in [3.63, 3.8) is 0 Å². The van der Waals surface area contributed by atoms with Crippen LogP contribution in [0.1, 0.15) is 29.2 Å². The zero-order valence-electron chi connectivity index (χ0n) is 14.9. The standard InChI is InChI=1S/C20H19BrN2O3S/c1-12(2)18(23-19(24)13-7-3-4-8-14(13)21)20(25)26-11-17-22-15-9-5-6-10-16(15)27-17/h3-10,12,18H,11H2,1-2H3,(H,23,24)/t18-/m0/s1. The highest BCUT2D eigenvalue weighted by molar-refractivity contribution is 9.10. The number of amides is 1. The number of para-hydroxylation sites is 1. The lowest BCUT2D eigenvalue weighted by Crippen LogP contribution is -2.45. The van der Waals surface area contributed by atoms with Gasteiger partial charge in [-0.25, -0.2) is 9.78 Å². The van der Waals surface area contributed by atoms with Crippen LogP contribution in [0.3, 0.4) is 0 Å². The van der Waals surface area contributed by atoms with Crippen molar-refractivity contribution in [1.82, 2.24) is 10.3 Å². The maximum atomic E-state index is 12.6. The highest BCUT2D eigenvalue weighted by atomic mass is 79.9. The Bertz CT molecular complexity index is 938. The van der Waals surface area contributed by atoms with Crippen molar-refractivity contribution >= 4 is 49.4 Å². The van der Waals surface area contributed by atoms with E-state index in [0.29, 0.717) is 10.0 Å². The van der Waals surface area contributed by atoms with Crippen molar-refractivity contribution in [2.45, 2.75) is 26.5 Å². The zero-order chi connectivity index (χ0) is 19.4. The molecule has 3 rings (SSSR count). The first-order chi connectivity index (χ1) is 13.0. The van der Waals surface area contributed by atoms with Crippen LogP contribution < -0.4 is 5.32 Å². The van der Waals surface area contributed by atoms with Gasteiger partial charge in [0.2, 0.25) is 0 Å². The number of benzene rings is 2. The fraction of sp³-hybridized carbons (Fsp3) is 0.250. The molecular formula is C20H19BrN2O3S. The second-order valence-corrected chi connectivity index (χ2v) is 8.33. The van der Waals surface area contributed by atoms with Crippen LogP contribution in [0.5, 0.6) is 0 Å². The summed E-state index contributed by atoms with van der Waals surface area (Å²) in [6.45, 7) is 3.82. The van der Waals surface area contributed by atoms with E-state index in [-0.39, 0.29) is 18.4 Å². The fourth-order valence-corrected chi connectivity index (χ4v) is 3.91. The van der Waals surface area contributed by atoms with Gasteiger partial charge in [0, 0.05) is 4.47 Å². The Kier molecular flexibility index (Phi) is 6.23. The van der Waals surface area contributed by atoms with Crippen LogP contribution in [-0.4, -0.2) is 22.9 Å². The second-order valence-electron chi connectivity index (χ2n) is 6.36. The normalized spacial score (nSPS) is 12.1. The first kappa shape index (κ1) is 19.5. The van der Waals surface area contributed by atoms with Gasteiger partial charge >= 0.3 is 5.97 Å². The van der Waals surface area contributed by atoms with E-state index in [9.17, 15) is 9.59 Å². The number of hydrogen-bond acceptors (Lipinski definition) is 5. The molecule has 3 aromatic rings. The van der Waals surface area contributed by atoms with Gasteiger partial charge in [-0.05, 0) is 46.1 Å². The second kappa shape index (κ2) is 8.63. The van der Waals surface area contributed by atoms with Crippen molar-refractivity contribution in [2.24, 2.45) is 5.92 Å². The van der Waals surface area contributed by atoms with Crippen molar-refractivity contribution in [2.75, 3.05) is 0 Å². The number of thiazole rings is 1. The smallest absolute Gasteiger partial charge is 0.329 e. The molecule has 1 amide bonds. The van der Waals surface area contributed by atoms with Crippen LogP contribution in [-0.2, 0) is 16.1 Å². The van der Waals surface area contributed by atoms with Gasteiger partial charge in [-0.1, -0.05) is 38.1 Å². The molecule has 5 nitrogen and oxygen atoms in total. The molecule has 0 saturated heterocycles. The first-order valence-electron chi connectivity index (χ1n) is 8.52. The molecule has 0 aliphatic heterocycles. The largest absolute Gasteiger partial charge is 0.457 e. The highest BCUT2D eigenvalue weighted by Gasteiger charge is 2.27. The zero-order valence-corrected chi connectivity index (χ0v) is 17.3. The summed E-state index contributed by atoms with van der Waals surface area (Å²) in [6.07, 6.45) is 0. The maximum Gasteiger partial charge on any atom is 0.329 e. The minimum absolute atomic E-state index is 0.0896. The summed E-state index contributed by atoms with van der Waals surface area (Å²) in [5.41, 5.74) is 1.36. The molecule has 0 spiro atoms. The van der Waals surface area contributed by atoms with Gasteiger partial charge in [0.15, 0.2) is 0 Å². The Labute approximate surface area is 169 Å². The number of hydrogen-bond donors (Lipinski definition) is 1. The molecule has 0 bridgehead atoms. The number of halogens is 1. The van der Waals surface area contributed by atoms with Crippen molar-refractivity contribution in [1.29, 1.82) is 0 Å². The molecule has 0 saturated carbocycles. The van der Waals surface area contributed by atoms with Crippen LogP contribution in [0, 0.1) is 5.92 Å². The van der Waals surface area contributed by atoms with Gasteiger partial charge in [0.05, 0.1) is 15.8 Å². The van der Waals surface area contributed by atoms with E-state index in [1.54, 1.807) is 18.2 Å². The van der Waals surface area contributed by atoms with E-state index in [4.69, 9.17) is 4.74 Å². The van der Waals surface area contributed by atoms with Crippen LogP contribution in [0.15, 0.2) is 53.0 Å². The summed E-state index contributed by atoms with van der Waals surface area (Å²) in [6, 6.07) is 14.1. The SMILES string of the molecule is CC(C)[C@H](NC(=O)c1ccccc1Br)C(=O)OCc1nc2ccccc2s1. The van der Waals surface area contributed by atoms with E-state index >= 15 is 0 Å². The topological polar surface area (TPSA) is 68.3 Å². The summed E-state index contributed by atoms with van der Waals surface area (Å²) in [5.74, 6) is -0.901. The average Bonchev–Trinajstić information content (AvgIpc) is 3.07. The molecule has 0 aliphatic carbocycles. The summed E-state index contributed by atoms with van der Waals surface area (Å²) in [4.78, 5) is 29.5. The third-order valence-corrected chi connectivity index (χ3v) is 5.70. The molecule has 1 heterocycles. The Morgan fingerprint density at radius 2 is 1.85 bits per heavy atom. The van der Waals surface area contributed by atoms with E-state index in [2.05, 4.69) is 26.2 Å². The number of fused-ring (bicyclic) bond motifs is 1. The lowest BCUT2D eigenvalue weighted by Gasteiger charge is -2.21. The molecule has 0 aliphatic rings. The molecule has 0 fully saturated rings. The summed E-state index contributed by atoms with van der Waals surface area (Å²) < 4.78 is 7.15. The lowest BCUT2D eigenvalue weighted by atomic mass is 10.0. The molecule has 2 aromatic carbocycles. The van der Waals surface area contributed by atoms with E-state index < -0.39 is 12.0 Å². The quantitative estimate of drug-likeness (QED) is 0.563. The predicted octanol–water partition coefficient (Wildman–Crippen LogP) is 4.56. The molecule has 27 heavy (non-hydrogen) atoms. The van der Waals surface area contributed by atoms with Crippen molar-refractivity contribution in [3.8, 4) is 0 Å². The number of carbonyl (C=O) groups is 2. The molecule has 0 radical (unpaired) electrons. The maximum absolute atomic E-state index is 12.6. The highest BCUT2D eigenvalue weighted by Crippen LogP contribution is 2.22. The monoisotopic (exact) mass is 446 g/mol. The Morgan fingerprint density at radius 3 is 2.56 bits per heavy atom. The number of carbonyl (C=O) groups excluding carboxylic acids is 2. The van der Waals surface area contributed by atoms with Gasteiger partial charge in [-0.15, -0.1) is 11.3 Å². The van der Waals surface area contributed by atoms with Crippen LogP contribution in [0.2, 0.25) is 0 Å². The van der Waals surface area contributed by atoms with E-state index in [1.165, 1.54) is 11.3 Å². The van der Waals surface area contributed by atoms with Crippen molar-refractivity contribution in [3.05, 3.63) is 63.6 Å². The van der Waals surface area contributed by atoms with E-state index in [0.717, 1.165) is 15.2 Å². The number of nitrogens with one attached hydrogen (secondary N) is 1. The Balaban J connectivity index is 1.66. The van der Waals surface area contributed by atoms with Gasteiger partial charge in [-0.2, -0.15) is 0 Å². The Hall–Kier alpha value is -2.25. The van der Waals surface area contributed by atoms with Gasteiger partial charge in [0.1, 0.15) is 17.7 Å². The molecule has 1 aromatic heterocycles. The third kappa shape index (κ3) is 4.73. The van der Waals surface area contributed by atoms with Crippen LogP contribution >= 0.6 is 27.3 Å². The molecule has 0 unspecified atom stereocenters. The molecule has 1 N–H and O–H groups in total. The van der Waals surface area contributed by atoms with Crippen molar-refractivity contribution < 1.29 is 14.3 Å². The molecule has 7 heteroatoms. The molecule has 140 valence electrons. The summed E-state index contributed by atoms with van der Waals surface area (Å²) in [7, 11) is 0. The summed E-state index contributed by atoms with van der Waals surface area (Å²) in [5, 5.41) is 3.50. The van der Waals surface area contributed by atoms with Gasteiger partial charge in [-0.3, -0.25) is 4.79 Å². The third-order valence-electron chi connectivity index (χ3n) is 4.00. The van der Waals surface area contributed by atoms with Gasteiger partial charge < -0.3 is 10.1 Å². The minimum atomic E-state index is -0.737. The number of nitrogens with zero attached hydrogens (tertiary/aromatic N) is 1. The number of ether oxygens (including phenoxy) is 1. The number of rotatable bonds is 6. The molecular weight excluding hydrogens is 428 g/mol. The van der Waals surface area contributed by atoms with E-state index in [1.807, 2.05) is 44.2 Å². The average molecular weight is 447 g/mol. The number of esters is 1. The fourth-order valence-electron chi connectivity index (χ4n) is 2.57. The lowest BCUT2D eigenvalue weighted by molar-refractivity contribution is -0.148. The van der Waals surface area contributed by atoms with Gasteiger partial charge in [0.25, 0.3) is 5.91 Å².